The highest BCUT2D eigenvalue weighted by Crippen LogP contribution is 2.26. The molecule has 0 atom stereocenters. The molecule has 0 unspecified atom stereocenters. The van der Waals surface area contributed by atoms with Crippen molar-refractivity contribution in [3.8, 4) is 5.75 Å². The number of amides is 1. The molecule has 1 aromatic heterocycles. The molecule has 6 nitrogen and oxygen atoms in total. The monoisotopic (exact) mass is 305 g/mol. The predicted molar refractivity (Wildman–Crippen MR) is 81.0 cm³/mol. The van der Waals surface area contributed by atoms with Crippen LogP contribution in [0.3, 0.4) is 0 Å². The zero-order valence-corrected chi connectivity index (χ0v) is 12.8. The number of aliphatic carboxylic acids is 1. The molecule has 1 heterocycles. The van der Waals surface area contributed by atoms with Gasteiger partial charge in [0.25, 0.3) is 0 Å². The highest BCUT2D eigenvalue weighted by Gasteiger charge is 2.21. The minimum absolute atomic E-state index is 0.102. The number of hydrogen-bond acceptors (Lipinski definition) is 4. The van der Waals surface area contributed by atoms with Crippen LogP contribution in [0.5, 0.6) is 5.75 Å². The number of fused-ring (bicyclic) bond motifs is 1. The number of rotatable bonds is 6. The number of carboxylic acid groups (broad SMARTS) is 1. The number of carbonyl (C=O) groups excluding carboxylic acids is 1. The van der Waals surface area contributed by atoms with Crippen LogP contribution in [0.4, 0.5) is 0 Å². The topological polar surface area (TPSA) is 80.0 Å². The molecule has 6 heteroatoms. The van der Waals surface area contributed by atoms with Crippen molar-refractivity contribution in [2.75, 3.05) is 13.7 Å². The summed E-state index contributed by atoms with van der Waals surface area (Å²) in [6, 6.07) is 5.20. The summed E-state index contributed by atoms with van der Waals surface area (Å²) in [6.45, 7) is 3.28. The molecule has 0 fully saturated rings. The van der Waals surface area contributed by atoms with Gasteiger partial charge in [0.05, 0.1) is 19.8 Å². The van der Waals surface area contributed by atoms with Gasteiger partial charge in [0.15, 0.2) is 0 Å². The second-order valence-electron chi connectivity index (χ2n) is 5.31. The van der Waals surface area contributed by atoms with Gasteiger partial charge in [-0.3, -0.25) is 9.59 Å². The summed E-state index contributed by atoms with van der Waals surface area (Å²) < 4.78 is 10.6. The number of methoxy groups -OCH3 is 1. The Bertz CT molecular complexity index is 689. The smallest absolute Gasteiger partial charge is 0.323 e. The first-order valence-electron chi connectivity index (χ1n) is 6.97. The lowest BCUT2D eigenvalue weighted by molar-refractivity contribution is -0.145. The Hall–Kier alpha value is -2.50. The number of nitrogens with zero attached hydrogens (tertiary/aromatic N) is 1. The largest absolute Gasteiger partial charge is 0.497 e. The van der Waals surface area contributed by atoms with E-state index in [9.17, 15) is 9.59 Å². The molecule has 0 aliphatic carbocycles. The molecule has 0 saturated carbocycles. The van der Waals surface area contributed by atoms with E-state index < -0.39 is 5.97 Å². The van der Waals surface area contributed by atoms with Crippen LogP contribution in [-0.2, 0) is 16.0 Å². The summed E-state index contributed by atoms with van der Waals surface area (Å²) >= 11 is 0. The summed E-state index contributed by atoms with van der Waals surface area (Å²) in [5.41, 5.74) is 1.37. The third kappa shape index (κ3) is 3.39. The fourth-order valence-electron chi connectivity index (χ4n) is 2.30. The lowest BCUT2D eigenvalue weighted by Crippen LogP contribution is -2.41. The molecule has 2 aromatic rings. The van der Waals surface area contributed by atoms with Gasteiger partial charge < -0.3 is 19.2 Å². The molecule has 1 aromatic carbocycles. The maximum atomic E-state index is 12.4. The molecule has 0 spiro atoms. The van der Waals surface area contributed by atoms with E-state index in [0.717, 1.165) is 10.9 Å². The van der Waals surface area contributed by atoms with E-state index in [1.807, 2.05) is 6.07 Å². The first-order valence-corrected chi connectivity index (χ1v) is 6.97. The van der Waals surface area contributed by atoms with Crippen molar-refractivity contribution < 1.29 is 23.8 Å². The molecular formula is C16H19NO5. The molecule has 22 heavy (non-hydrogen) atoms. The Labute approximate surface area is 128 Å². The van der Waals surface area contributed by atoms with Crippen molar-refractivity contribution >= 4 is 22.8 Å². The van der Waals surface area contributed by atoms with Crippen LogP contribution in [0.15, 0.2) is 28.9 Å². The Morgan fingerprint density at radius 3 is 2.68 bits per heavy atom. The molecular weight excluding hydrogens is 286 g/mol. The Kier molecular flexibility index (Phi) is 4.70. The van der Waals surface area contributed by atoms with E-state index in [2.05, 4.69) is 0 Å². The zero-order valence-electron chi connectivity index (χ0n) is 12.8. The summed E-state index contributed by atoms with van der Waals surface area (Å²) in [5, 5.41) is 9.74. The van der Waals surface area contributed by atoms with E-state index in [1.165, 1.54) is 11.2 Å². The third-order valence-corrected chi connectivity index (χ3v) is 3.45. The fraction of sp³-hybridized carbons (Fsp3) is 0.375. The van der Waals surface area contributed by atoms with Gasteiger partial charge in [0.1, 0.15) is 17.9 Å². The van der Waals surface area contributed by atoms with Crippen LogP contribution >= 0.6 is 0 Å². The maximum Gasteiger partial charge on any atom is 0.323 e. The van der Waals surface area contributed by atoms with Gasteiger partial charge >= 0.3 is 5.97 Å². The van der Waals surface area contributed by atoms with Gasteiger partial charge in [-0.05, 0) is 26.0 Å². The fourth-order valence-corrected chi connectivity index (χ4v) is 2.30. The minimum Gasteiger partial charge on any atom is -0.497 e. The van der Waals surface area contributed by atoms with Gasteiger partial charge in [0.2, 0.25) is 5.91 Å². The van der Waals surface area contributed by atoms with Crippen LogP contribution in [-0.4, -0.2) is 41.6 Å². The molecule has 1 amide bonds. The molecule has 0 saturated heterocycles. The number of carbonyl (C=O) groups is 2. The van der Waals surface area contributed by atoms with Crippen molar-refractivity contribution in [3.05, 3.63) is 30.0 Å². The van der Waals surface area contributed by atoms with E-state index in [4.69, 9.17) is 14.3 Å². The minimum atomic E-state index is -1.02. The van der Waals surface area contributed by atoms with Gasteiger partial charge in [-0.1, -0.05) is 0 Å². The highest BCUT2D eigenvalue weighted by atomic mass is 16.5. The van der Waals surface area contributed by atoms with Crippen LogP contribution in [0.2, 0.25) is 0 Å². The van der Waals surface area contributed by atoms with E-state index in [1.54, 1.807) is 33.1 Å². The van der Waals surface area contributed by atoms with E-state index in [0.29, 0.717) is 11.3 Å². The summed E-state index contributed by atoms with van der Waals surface area (Å²) in [7, 11) is 1.57. The van der Waals surface area contributed by atoms with Crippen LogP contribution in [0, 0.1) is 0 Å². The van der Waals surface area contributed by atoms with E-state index >= 15 is 0 Å². The second kappa shape index (κ2) is 6.51. The van der Waals surface area contributed by atoms with Crippen molar-refractivity contribution in [3.63, 3.8) is 0 Å². The van der Waals surface area contributed by atoms with Gasteiger partial charge in [-0.15, -0.1) is 0 Å². The molecule has 1 N–H and O–H groups in total. The average Bonchev–Trinajstić information content (AvgIpc) is 2.86. The summed E-state index contributed by atoms with van der Waals surface area (Å²) in [5.74, 6) is -0.589. The number of carboxylic acids is 1. The van der Waals surface area contributed by atoms with Gasteiger partial charge in [-0.2, -0.15) is 0 Å². The molecule has 118 valence electrons. The number of furan rings is 1. The Balaban J connectivity index is 2.22. The van der Waals surface area contributed by atoms with Crippen molar-refractivity contribution in [2.45, 2.75) is 26.3 Å². The lowest BCUT2D eigenvalue weighted by atomic mass is 10.1. The van der Waals surface area contributed by atoms with E-state index in [-0.39, 0.29) is 24.9 Å². The maximum absolute atomic E-state index is 12.4. The summed E-state index contributed by atoms with van der Waals surface area (Å²) in [6.07, 6.45) is 1.63. The number of hydrogen-bond donors (Lipinski definition) is 1. The first kappa shape index (κ1) is 15.9. The summed E-state index contributed by atoms with van der Waals surface area (Å²) in [4.78, 5) is 24.6. The third-order valence-electron chi connectivity index (χ3n) is 3.45. The molecule has 0 aliphatic heterocycles. The van der Waals surface area contributed by atoms with Gasteiger partial charge in [-0.25, -0.2) is 0 Å². The standard InChI is InChI=1S/C16H19NO5/c1-10(2)17(8-16(19)20)15(18)6-11-9-22-14-7-12(21-3)4-5-13(11)14/h4-5,7,9-10H,6,8H2,1-3H3,(H,19,20). The van der Waals surface area contributed by atoms with Crippen LogP contribution in [0.25, 0.3) is 11.0 Å². The molecule has 0 radical (unpaired) electrons. The molecule has 2 rings (SSSR count). The zero-order chi connectivity index (χ0) is 16.3. The Morgan fingerprint density at radius 1 is 1.36 bits per heavy atom. The quantitative estimate of drug-likeness (QED) is 0.885. The van der Waals surface area contributed by atoms with Gasteiger partial charge in [0, 0.05) is 23.1 Å². The first-order chi connectivity index (χ1) is 10.4. The van der Waals surface area contributed by atoms with Crippen LogP contribution in [0.1, 0.15) is 19.4 Å². The average molecular weight is 305 g/mol. The second-order valence-corrected chi connectivity index (χ2v) is 5.31. The lowest BCUT2D eigenvalue weighted by Gasteiger charge is -2.24. The van der Waals surface area contributed by atoms with Crippen molar-refractivity contribution in [2.24, 2.45) is 0 Å². The number of benzene rings is 1. The predicted octanol–water partition coefficient (Wildman–Crippen LogP) is 2.31. The van der Waals surface area contributed by atoms with Crippen LogP contribution < -0.4 is 4.74 Å². The SMILES string of the molecule is COc1ccc2c(CC(=O)N(CC(=O)O)C(C)C)coc2c1. The van der Waals surface area contributed by atoms with Crippen molar-refractivity contribution in [1.82, 2.24) is 4.90 Å². The normalized spacial score (nSPS) is 10.9. The highest BCUT2D eigenvalue weighted by molar-refractivity contribution is 5.89. The molecule has 0 aliphatic rings. The Morgan fingerprint density at radius 2 is 2.09 bits per heavy atom. The molecule has 0 bridgehead atoms. The number of ether oxygens (including phenoxy) is 1. The van der Waals surface area contributed by atoms with Crippen molar-refractivity contribution in [1.29, 1.82) is 0 Å².